The molecule has 2 fully saturated rings. The van der Waals surface area contributed by atoms with E-state index in [2.05, 4.69) is 5.32 Å². The van der Waals surface area contributed by atoms with Gasteiger partial charge < -0.3 is 9.64 Å². The van der Waals surface area contributed by atoms with Crippen molar-refractivity contribution in [3.05, 3.63) is 33.9 Å². The molecule has 3 aliphatic heterocycles. The molecule has 10 heteroatoms. The maximum Gasteiger partial charge on any atom is 0.330 e. The van der Waals surface area contributed by atoms with E-state index in [4.69, 9.17) is 4.74 Å². The van der Waals surface area contributed by atoms with Crippen LogP contribution in [0.15, 0.2) is 18.2 Å². The first-order valence-electron chi connectivity index (χ1n) is 8.56. The van der Waals surface area contributed by atoms with Crippen LogP contribution in [-0.4, -0.2) is 60.0 Å². The number of anilines is 1. The third-order valence-electron chi connectivity index (χ3n) is 5.67. The number of urea groups is 1. The summed E-state index contributed by atoms with van der Waals surface area (Å²) in [6.45, 7) is 2.61. The zero-order valence-corrected chi connectivity index (χ0v) is 14.8. The van der Waals surface area contributed by atoms with Crippen LogP contribution in [0.5, 0.6) is 0 Å². The molecule has 0 saturated carbocycles. The first kappa shape index (κ1) is 17.4. The van der Waals surface area contributed by atoms with Crippen LogP contribution in [0.25, 0.3) is 0 Å². The largest absolute Gasteiger partial charge is 0.374 e. The van der Waals surface area contributed by atoms with Gasteiger partial charge in [-0.1, -0.05) is 0 Å². The number of nitro groups is 1. The maximum atomic E-state index is 13.2. The summed E-state index contributed by atoms with van der Waals surface area (Å²) < 4.78 is 5.72. The molecule has 1 spiro atoms. The van der Waals surface area contributed by atoms with Crippen LogP contribution in [0.3, 0.4) is 0 Å². The molecule has 0 aliphatic carbocycles. The van der Waals surface area contributed by atoms with Crippen molar-refractivity contribution in [2.24, 2.45) is 5.41 Å². The van der Waals surface area contributed by atoms with Crippen molar-refractivity contribution in [2.75, 3.05) is 25.1 Å². The van der Waals surface area contributed by atoms with Crippen molar-refractivity contribution in [1.29, 1.82) is 0 Å². The molecule has 4 amide bonds. The summed E-state index contributed by atoms with van der Waals surface area (Å²) in [5.41, 5.74) is -0.436. The minimum absolute atomic E-state index is 0.0405. The van der Waals surface area contributed by atoms with Crippen molar-refractivity contribution in [2.45, 2.75) is 25.5 Å². The maximum absolute atomic E-state index is 13.2. The Kier molecular flexibility index (Phi) is 3.70. The second-order valence-electron chi connectivity index (χ2n) is 7.06. The van der Waals surface area contributed by atoms with E-state index in [0.29, 0.717) is 18.7 Å². The van der Waals surface area contributed by atoms with Gasteiger partial charge >= 0.3 is 6.03 Å². The van der Waals surface area contributed by atoms with E-state index in [1.807, 2.05) is 4.90 Å². The fourth-order valence-corrected chi connectivity index (χ4v) is 4.47. The average Bonchev–Trinajstić information content (AvgIpc) is 2.64. The van der Waals surface area contributed by atoms with Gasteiger partial charge in [0, 0.05) is 37.8 Å². The normalized spacial score (nSPS) is 30.1. The molecule has 3 heterocycles. The molecule has 0 bridgehead atoms. The van der Waals surface area contributed by atoms with Gasteiger partial charge in [-0.2, -0.15) is 0 Å². The van der Waals surface area contributed by atoms with E-state index >= 15 is 0 Å². The number of nitrogens with one attached hydrogen (secondary N) is 1. The van der Waals surface area contributed by atoms with Crippen LogP contribution in [0, 0.1) is 15.5 Å². The molecule has 0 aromatic heterocycles. The smallest absolute Gasteiger partial charge is 0.330 e. The SMILES string of the molecule is CC1OCCN2c3ccc([N+](=O)[O-])cc3CC3(C(=O)NC(=O)N(C)C3=O)C12. The molecule has 3 atom stereocenters. The summed E-state index contributed by atoms with van der Waals surface area (Å²) in [6.07, 6.45) is -0.486. The highest BCUT2D eigenvalue weighted by Gasteiger charge is 2.63. The second kappa shape index (κ2) is 5.74. The van der Waals surface area contributed by atoms with E-state index in [0.717, 1.165) is 10.6 Å². The monoisotopic (exact) mass is 374 g/mol. The molecule has 0 radical (unpaired) electrons. The third kappa shape index (κ3) is 2.26. The number of nitro benzene ring substituents is 1. The van der Waals surface area contributed by atoms with Gasteiger partial charge in [0.2, 0.25) is 11.8 Å². The summed E-state index contributed by atoms with van der Waals surface area (Å²) in [4.78, 5) is 51.5. The Labute approximate surface area is 154 Å². The molecule has 3 unspecified atom stereocenters. The predicted octanol–water partition coefficient (Wildman–Crippen LogP) is 0.439. The number of ether oxygens (including phenoxy) is 1. The molecule has 3 aliphatic rings. The number of fused-ring (bicyclic) bond motifs is 4. The fourth-order valence-electron chi connectivity index (χ4n) is 4.47. The number of amides is 4. The van der Waals surface area contributed by atoms with E-state index in [1.54, 1.807) is 13.0 Å². The summed E-state index contributed by atoms with van der Waals surface area (Å²) in [5.74, 6) is -1.32. The van der Waals surface area contributed by atoms with Crippen molar-refractivity contribution in [1.82, 2.24) is 10.2 Å². The number of hydrogen-bond acceptors (Lipinski definition) is 7. The number of non-ortho nitro benzene ring substituents is 1. The van der Waals surface area contributed by atoms with Gasteiger partial charge in [0.05, 0.1) is 23.7 Å². The number of morpholine rings is 1. The molecule has 1 aromatic rings. The number of carbonyl (C=O) groups excluding carboxylic acids is 3. The van der Waals surface area contributed by atoms with Crippen LogP contribution in [0.2, 0.25) is 0 Å². The van der Waals surface area contributed by atoms with Crippen LogP contribution < -0.4 is 10.2 Å². The molecule has 10 nitrogen and oxygen atoms in total. The summed E-state index contributed by atoms with van der Waals surface area (Å²) >= 11 is 0. The van der Waals surface area contributed by atoms with Gasteiger partial charge in [-0.3, -0.25) is 29.9 Å². The molecule has 2 saturated heterocycles. The van der Waals surface area contributed by atoms with Crippen molar-refractivity contribution < 1.29 is 24.0 Å². The Morgan fingerprint density at radius 1 is 1.33 bits per heavy atom. The minimum Gasteiger partial charge on any atom is -0.374 e. The highest BCUT2D eigenvalue weighted by molar-refractivity contribution is 6.20. The zero-order chi connectivity index (χ0) is 19.5. The number of hydrogen-bond donors (Lipinski definition) is 1. The van der Waals surface area contributed by atoms with Crippen molar-refractivity contribution >= 4 is 29.2 Å². The van der Waals surface area contributed by atoms with E-state index in [-0.39, 0.29) is 12.1 Å². The van der Waals surface area contributed by atoms with Gasteiger partial charge in [0.15, 0.2) is 5.41 Å². The molecule has 1 aromatic carbocycles. The lowest BCUT2D eigenvalue weighted by Gasteiger charge is -2.55. The van der Waals surface area contributed by atoms with Crippen LogP contribution in [0.1, 0.15) is 12.5 Å². The van der Waals surface area contributed by atoms with Gasteiger partial charge in [-0.05, 0) is 18.6 Å². The predicted molar refractivity (Wildman–Crippen MR) is 92.1 cm³/mol. The van der Waals surface area contributed by atoms with Crippen molar-refractivity contribution in [3.8, 4) is 0 Å². The Hall–Kier alpha value is -3.01. The highest BCUT2D eigenvalue weighted by atomic mass is 16.6. The first-order valence-corrected chi connectivity index (χ1v) is 8.56. The fraction of sp³-hybridized carbons (Fsp3) is 0.471. The van der Waals surface area contributed by atoms with Gasteiger partial charge in [-0.15, -0.1) is 0 Å². The van der Waals surface area contributed by atoms with Crippen LogP contribution in [0.4, 0.5) is 16.2 Å². The minimum atomic E-state index is -1.59. The second-order valence-corrected chi connectivity index (χ2v) is 7.06. The lowest BCUT2D eigenvalue weighted by atomic mass is 9.66. The van der Waals surface area contributed by atoms with Gasteiger partial charge in [0.1, 0.15) is 0 Å². The molecule has 27 heavy (non-hydrogen) atoms. The summed E-state index contributed by atoms with van der Waals surface area (Å²) in [6, 6.07) is 3.04. The number of nitrogens with zero attached hydrogens (tertiary/aromatic N) is 3. The standard InChI is InChI=1S/C17H18N4O6/c1-9-13-17(14(22)18-16(24)19(2)15(17)23)8-10-7-11(21(25)26)3-4-12(10)20(13)5-6-27-9/h3-4,7,9,13H,5-6,8H2,1-2H3,(H,18,22,24). The number of imide groups is 2. The van der Waals surface area contributed by atoms with Gasteiger partial charge in [0.25, 0.3) is 5.69 Å². The number of barbiturate groups is 1. The Morgan fingerprint density at radius 2 is 2.07 bits per heavy atom. The molecule has 1 N–H and O–H groups in total. The summed E-state index contributed by atoms with van der Waals surface area (Å²) in [7, 11) is 1.31. The van der Waals surface area contributed by atoms with Crippen molar-refractivity contribution in [3.63, 3.8) is 0 Å². The number of rotatable bonds is 1. The molecular weight excluding hydrogens is 356 g/mol. The van der Waals surface area contributed by atoms with Crippen LogP contribution >= 0.6 is 0 Å². The van der Waals surface area contributed by atoms with Gasteiger partial charge in [-0.25, -0.2) is 4.79 Å². The highest BCUT2D eigenvalue weighted by Crippen LogP contribution is 2.47. The molecule has 142 valence electrons. The third-order valence-corrected chi connectivity index (χ3v) is 5.67. The van der Waals surface area contributed by atoms with E-state index < -0.39 is 40.3 Å². The summed E-state index contributed by atoms with van der Waals surface area (Å²) in [5, 5.41) is 13.4. The number of benzene rings is 1. The average molecular weight is 374 g/mol. The van der Waals surface area contributed by atoms with E-state index in [1.165, 1.54) is 19.2 Å². The number of carbonyl (C=O) groups is 3. The Morgan fingerprint density at radius 3 is 2.78 bits per heavy atom. The Bertz CT molecular complexity index is 886. The lowest BCUT2D eigenvalue weighted by Crippen LogP contribution is -2.74. The lowest BCUT2D eigenvalue weighted by molar-refractivity contribution is -0.384. The quantitative estimate of drug-likeness (QED) is 0.430. The Balaban J connectivity index is 1.93. The first-order chi connectivity index (χ1) is 12.8. The zero-order valence-electron chi connectivity index (χ0n) is 14.8. The topological polar surface area (TPSA) is 122 Å². The molecule has 4 rings (SSSR count). The molecular formula is C17H18N4O6. The van der Waals surface area contributed by atoms with E-state index in [9.17, 15) is 24.5 Å². The van der Waals surface area contributed by atoms with Crippen LogP contribution in [-0.2, 0) is 20.7 Å².